The predicted molar refractivity (Wildman–Crippen MR) is 103 cm³/mol. The first-order valence-corrected chi connectivity index (χ1v) is 9.28. The first kappa shape index (κ1) is 16.3. The number of halogens is 1. The minimum absolute atomic E-state index is 0.0748. The summed E-state index contributed by atoms with van der Waals surface area (Å²) < 4.78 is 0. The van der Waals surface area contributed by atoms with Crippen LogP contribution in [0.2, 0.25) is 5.02 Å². The molecule has 27 heavy (non-hydrogen) atoms. The first-order valence-electron chi connectivity index (χ1n) is 8.91. The Bertz CT molecular complexity index is 1030. The van der Waals surface area contributed by atoms with Crippen molar-refractivity contribution >= 4 is 34.6 Å². The number of carbonyl (C=O) groups excluding carboxylic acids is 1. The number of hydrogen-bond donors (Lipinski definition) is 3. The van der Waals surface area contributed by atoms with E-state index < -0.39 is 0 Å². The quantitative estimate of drug-likeness (QED) is 0.630. The largest absolute Gasteiger partial charge is 0.355 e. The lowest BCUT2D eigenvalue weighted by molar-refractivity contribution is 0.240. The van der Waals surface area contributed by atoms with Crippen LogP contribution in [-0.2, 0) is 0 Å². The van der Waals surface area contributed by atoms with E-state index >= 15 is 0 Å². The number of nitrogens with zero attached hydrogens (tertiary/aromatic N) is 4. The molecule has 0 atom stereocenters. The number of nitrogens with one attached hydrogen (secondary N) is 3. The highest BCUT2D eigenvalue weighted by Crippen LogP contribution is 2.31. The zero-order valence-corrected chi connectivity index (χ0v) is 15.3. The molecule has 8 nitrogen and oxygen atoms in total. The number of aromatic amines is 1. The highest BCUT2D eigenvalue weighted by atomic mass is 35.5. The molecule has 2 fully saturated rings. The van der Waals surface area contributed by atoms with Gasteiger partial charge in [-0.1, -0.05) is 29.8 Å². The van der Waals surface area contributed by atoms with Gasteiger partial charge < -0.3 is 15.5 Å². The Morgan fingerprint density at radius 3 is 2.74 bits per heavy atom. The second-order valence-corrected chi connectivity index (χ2v) is 7.46. The van der Waals surface area contributed by atoms with Gasteiger partial charge in [-0.15, -0.1) is 0 Å². The molecule has 0 saturated carbocycles. The maximum Gasteiger partial charge on any atom is 0.315 e. The van der Waals surface area contributed by atoms with E-state index in [1.165, 1.54) is 0 Å². The normalized spacial score (nSPS) is 18.7. The summed E-state index contributed by atoms with van der Waals surface area (Å²) in [5.41, 5.74) is 2.74. The molecular formula is C18H18ClN7O. The van der Waals surface area contributed by atoms with Crippen LogP contribution in [0.25, 0.3) is 22.4 Å². The van der Waals surface area contributed by atoms with Gasteiger partial charge in [0.1, 0.15) is 17.0 Å². The van der Waals surface area contributed by atoms with Crippen molar-refractivity contribution in [3.8, 4) is 11.3 Å². The standard InChI is InChI=1S/C18H18ClN7O/c19-12-4-2-1-3-11(12)14-15-16(25-24-14)22-13(9-20-15)26-7-5-18(6-8-26)10-21-17(27)23-18/h1-4,9H,5-8,10H2,(H2,21,23,27)(H,22,24,25). The molecule has 138 valence electrons. The van der Waals surface area contributed by atoms with E-state index in [-0.39, 0.29) is 11.6 Å². The Morgan fingerprint density at radius 1 is 1.19 bits per heavy atom. The lowest BCUT2D eigenvalue weighted by Crippen LogP contribution is -2.52. The number of urea groups is 1. The van der Waals surface area contributed by atoms with E-state index in [0.717, 1.165) is 37.3 Å². The van der Waals surface area contributed by atoms with Crippen LogP contribution in [0.15, 0.2) is 30.5 Å². The summed E-state index contributed by atoms with van der Waals surface area (Å²) in [6.07, 6.45) is 3.53. The van der Waals surface area contributed by atoms with Crippen molar-refractivity contribution in [1.82, 2.24) is 30.8 Å². The average Bonchev–Trinajstić information content (AvgIpc) is 3.26. The van der Waals surface area contributed by atoms with E-state index in [1.807, 2.05) is 24.3 Å². The second-order valence-electron chi connectivity index (χ2n) is 7.05. The molecule has 0 aliphatic carbocycles. The summed E-state index contributed by atoms with van der Waals surface area (Å²) in [6, 6.07) is 7.48. The molecule has 2 aliphatic rings. The molecule has 3 aromatic rings. The Balaban J connectivity index is 1.40. The smallest absolute Gasteiger partial charge is 0.315 e. The Labute approximate surface area is 160 Å². The number of aromatic nitrogens is 4. The van der Waals surface area contributed by atoms with E-state index in [0.29, 0.717) is 28.4 Å². The van der Waals surface area contributed by atoms with Gasteiger partial charge in [0, 0.05) is 25.2 Å². The Hall–Kier alpha value is -2.87. The number of H-pyrrole nitrogens is 1. The molecule has 2 saturated heterocycles. The molecule has 0 bridgehead atoms. The van der Waals surface area contributed by atoms with Gasteiger partial charge in [0.25, 0.3) is 0 Å². The monoisotopic (exact) mass is 383 g/mol. The summed E-state index contributed by atoms with van der Waals surface area (Å²) in [5, 5.41) is 13.9. The van der Waals surface area contributed by atoms with Crippen molar-refractivity contribution in [2.24, 2.45) is 0 Å². The number of hydrogen-bond acceptors (Lipinski definition) is 5. The van der Waals surface area contributed by atoms with Crippen molar-refractivity contribution in [3.63, 3.8) is 0 Å². The molecule has 1 aromatic carbocycles. The summed E-state index contributed by atoms with van der Waals surface area (Å²) in [7, 11) is 0. The molecule has 4 heterocycles. The molecule has 2 aromatic heterocycles. The fourth-order valence-electron chi connectivity index (χ4n) is 3.83. The van der Waals surface area contributed by atoms with Crippen LogP contribution >= 0.6 is 11.6 Å². The lowest BCUT2D eigenvalue weighted by Gasteiger charge is -2.38. The molecule has 2 aliphatic heterocycles. The van der Waals surface area contributed by atoms with E-state index in [4.69, 9.17) is 16.6 Å². The van der Waals surface area contributed by atoms with Crippen LogP contribution in [0.3, 0.4) is 0 Å². The van der Waals surface area contributed by atoms with Crippen LogP contribution in [0.1, 0.15) is 12.8 Å². The molecule has 3 N–H and O–H groups in total. The third kappa shape index (κ3) is 2.76. The number of anilines is 1. The Kier molecular flexibility index (Phi) is 3.68. The summed E-state index contributed by atoms with van der Waals surface area (Å²) in [6.45, 7) is 2.31. The fraction of sp³-hybridized carbons (Fsp3) is 0.333. The molecule has 2 amide bonds. The van der Waals surface area contributed by atoms with Gasteiger partial charge in [0.2, 0.25) is 0 Å². The van der Waals surface area contributed by atoms with Crippen molar-refractivity contribution in [2.45, 2.75) is 18.4 Å². The summed E-state index contributed by atoms with van der Waals surface area (Å²) in [5.74, 6) is 0.809. The summed E-state index contributed by atoms with van der Waals surface area (Å²) in [4.78, 5) is 23.0. The average molecular weight is 384 g/mol. The highest BCUT2D eigenvalue weighted by Gasteiger charge is 2.40. The number of fused-ring (bicyclic) bond motifs is 1. The molecule has 0 unspecified atom stereocenters. The third-order valence-corrected chi connectivity index (χ3v) is 5.73. The third-order valence-electron chi connectivity index (χ3n) is 5.40. The topological polar surface area (TPSA) is 98.8 Å². The van der Waals surface area contributed by atoms with Crippen LogP contribution in [-0.4, -0.2) is 51.4 Å². The second kappa shape index (κ2) is 6.09. The van der Waals surface area contributed by atoms with Gasteiger partial charge in [0.05, 0.1) is 16.8 Å². The molecule has 1 spiro atoms. The van der Waals surface area contributed by atoms with E-state index in [1.54, 1.807) is 6.20 Å². The van der Waals surface area contributed by atoms with Crippen molar-refractivity contribution in [2.75, 3.05) is 24.5 Å². The number of rotatable bonds is 2. The van der Waals surface area contributed by atoms with E-state index in [9.17, 15) is 4.79 Å². The minimum Gasteiger partial charge on any atom is -0.355 e. The van der Waals surface area contributed by atoms with Gasteiger partial charge in [-0.05, 0) is 18.9 Å². The van der Waals surface area contributed by atoms with E-state index in [2.05, 4.69) is 30.7 Å². The highest BCUT2D eigenvalue weighted by molar-refractivity contribution is 6.33. The maximum atomic E-state index is 11.5. The van der Waals surface area contributed by atoms with Gasteiger partial charge in [0.15, 0.2) is 5.65 Å². The van der Waals surface area contributed by atoms with Crippen molar-refractivity contribution < 1.29 is 4.79 Å². The van der Waals surface area contributed by atoms with Crippen LogP contribution < -0.4 is 15.5 Å². The minimum atomic E-state index is -0.129. The van der Waals surface area contributed by atoms with Crippen LogP contribution in [0, 0.1) is 0 Å². The zero-order chi connectivity index (χ0) is 18.4. The van der Waals surface area contributed by atoms with Gasteiger partial charge >= 0.3 is 6.03 Å². The van der Waals surface area contributed by atoms with Gasteiger partial charge in [-0.2, -0.15) is 5.10 Å². The fourth-order valence-corrected chi connectivity index (χ4v) is 4.06. The Morgan fingerprint density at radius 2 is 2.00 bits per heavy atom. The summed E-state index contributed by atoms with van der Waals surface area (Å²) >= 11 is 6.29. The van der Waals surface area contributed by atoms with Gasteiger partial charge in [-0.25, -0.2) is 14.8 Å². The van der Waals surface area contributed by atoms with Gasteiger partial charge in [-0.3, -0.25) is 5.10 Å². The number of amides is 2. The molecular weight excluding hydrogens is 366 g/mol. The van der Waals surface area contributed by atoms with Crippen molar-refractivity contribution in [1.29, 1.82) is 0 Å². The maximum absolute atomic E-state index is 11.5. The SMILES string of the molecule is O=C1NCC2(CCN(c3cnc4c(-c5ccccc5Cl)n[nH]c4n3)CC2)N1. The number of benzene rings is 1. The molecule has 5 rings (SSSR count). The molecule has 9 heteroatoms. The predicted octanol–water partition coefficient (Wildman–Crippen LogP) is 2.33. The number of carbonyl (C=O) groups is 1. The first-order chi connectivity index (χ1) is 13.1. The number of piperidine rings is 1. The lowest BCUT2D eigenvalue weighted by atomic mass is 9.88. The molecule has 0 radical (unpaired) electrons. The van der Waals surface area contributed by atoms with Crippen molar-refractivity contribution in [3.05, 3.63) is 35.5 Å². The zero-order valence-electron chi connectivity index (χ0n) is 14.5. The van der Waals surface area contributed by atoms with Crippen LogP contribution in [0.5, 0.6) is 0 Å². The van der Waals surface area contributed by atoms with Crippen LogP contribution in [0.4, 0.5) is 10.6 Å².